The number of thioether (sulfide) groups is 1. The molecule has 2 heterocycles. The standard InChI is InChI=1S/C37H36N6O6S/c1-46-26-19-17-24(18-20-26)29-21-30(27-14-10-16-32(48-3)35(27)49-4)43(41-29)34(44)23-50-37-40-39-33(42(37)25-11-6-5-7-12-25)22-38-36(45)28-13-8-9-15-31(28)47-2/h5-20,30H,21-23H2,1-4H3,(H,38,45)/t30-/m1/s1. The van der Waals surface area contributed by atoms with E-state index in [1.807, 2.05) is 77.4 Å². The summed E-state index contributed by atoms with van der Waals surface area (Å²) in [5.74, 6) is 2.26. The summed E-state index contributed by atoms with van der Waals surface area (Å²) in [4.78, 5) is 27.2. The quantitative estimate of drug-likeness (QED) is 0.155. The molecule has 0 fully saturated rings. The van der Waals surface area contributed by atoms with Gasteiger partial charge in [-0.15, -0.1) is 10.2 Å². The van der Waals surface area contributed by atoms with Crippen molar-refractivity contribution >= 4 is 29.3 Å². The summed E-state index contributed by atoms with van der Waals surface area (Å²) in [5, 5.41) is 18.6. The van der Waals surface area contributed by atoms with Crippen LogP contribution in [0.2, 0.25) is 0 Å². The van der Waals surface area contributed by atoms with E-state index in [0.29, 0.717) is 40.2 Å². The van der Waals surface area contributed by atoms with Crippen molar-refractivity contribution < 1.29 is 28.5 Å². The number of amides is 2. The van der Waals surface area contributed by atoms with E-state index in [1.54, 1.807) is 45.6 Å². The van der Waals surface area contributed by atoms with E-state index in [9.17, 15) is 9.59 Å². The first-order valence-electron chi connectivity index (χ1n) is 15.7. The molecule has 0 saturated heterocycles. The Morgan fingerprint density at radius 3 is 2.24 bits per heavy atom. The first kappa shape index (κ1) is 34.1. The lowest BCUT2D eigenvalue weighted by molar-refractivity contribution is -0.130. The van der Waals surface area contributed by atoms with Gasteiger partial charge in [-0.2, -0.15) is 5.10 Å². The van der Waals surface area contributed by atoms with Crippen molar-refractivity contribution in [3.8, 4) is 28.7 Å². The van der Waals surface area contributed by atoms with Crippen molar-refractivity contribution in [2.24, 2.45) is 5.10 Å². The number of nitrogens with one attached hydrogen (secondary N) is 1. The highest BCUT2D eigenvalue weighted by Gasteiger charge is 2.36. The molecule has 12 nitrogen and oxygen atoms in total. The van der Waals surface area contributed by atoms with Crippen LogP contribution in [0.4, 0.5) is 0 Å². The van der Waals surface area contributed by atoms with Gasteiger partial charge >= 0.3 is 0 Å². The van der Waals surface area contributed by atoms with Crippen LogP contribution in [0.15, 0.2) is 107 Å². The third-order valence-corrected chi connectivity index (χ3v) is 9.09. The van der Waals surface area contributed by atoms with Gasteiger partial charge in [0.2, 0.25) is 0 Å². The maximum absolute atomic E-state index is 14.1. The minimum absolute atomic E-state index is 0.0146. The summed E-state index contributed by atoms with van der Waals surface area (Å²) in [7, 11) is 6.29. The van der Waals surface area contributed by atoms with E-state index in [0.717, 1.165) is 28.3 Å². The van der Waals surface area contributed by atoms with Crippen LogP contribution in [0.3, 0.4) is 0 Å². The molecule has 0 aliphatic carbocycles. The fourth-order valence-corrected chi connectivity index (χ4v) is 6.56. The predicted molar refractivity (Wildman–Crippen MR) is 190 cm³/mol. The highest BCUT2D eigenvalue weighted by molar-refractivity contribution is 7.99. The average Bonchev–Trinajstić information content (AvgIpc) is 3.81. The van der Waals surface area contributed by atoms with E-state index in [4.69, 9.17) is 24.0 Å². The fourth-order valence-electron chi connectivity index (χ4n) is 5.74. The summed E-state index contributed by atoms with van der Waals surface area (Å²) >= 11 is 1.23. The van der Waals surface area contributed by atoms with E-state index < -0.39 is 6.04 Å². The molecule has 50 heavy (non-hydrogen) atoms. The van der Waals surface area contributed by atoms with Crippen molar-refractivity contribution in [1.82, 2.24) is 25.1 Å². The highest BCUT2D eigenvalue weighted by Crippen LogP contribution is 2.42. The van der Waals surface area contributed by atoms with E-state index in [-0.39, 0.29) is 24.1 Å². The first-order chi connectivity index (χ1) is 24.4. The number of carbonyl (C=O) groups excluding carboxylic acids is 2. The Bertz CT molecular complexity index is 2000. The largest absolute Gasteiger partial charge is 0.497 e. The molecular formula is C37H36N6O6S. The van der Waals surface area contributed by atoms with Crippen LogP contribution in [0.1, 0.15) is 39.8 Å². The molecule has 256 valence electrons. The zero-order chi connectivity index (χ0) is 35.0. The Labute approximate surface area is 294 Å². The van der Waals surface area contributed by atoms with Crippen LogP contribution >= 0.6 is 11.8 Å². The summed E-state index contributed by atoms with van der Waals surface area (Å²) < 4.78 is 23.9. The first-order valence-corrected chi connectivity index (χ1v) is 16.7. The van der Waals surface area contributed by atoms with Crippen molar-refractivity contribution in [2.45, 2.75) is 24.2 Å². The molecule has 13 heteroatoms. The molecule has 0 saturated carbocycles. The lowest BCUT2D eigenvalue weighted by Crippen LogP contribution is -2.29. The van der Waals surface area contributed by atoms with Crippen LogP contribution in [-0.2, 0) is 11.3 Å². The summed E-state index contributed by atoms with van der Waals surface area (Å²) in [6.07, 6.45) is 0.461. The molecule has 1 N–H and O–H groups in total. The van der Waals surface area contributed by atoms with Gasteiger partial charge in [-0.25, -0.2) is 5.01 Å². The Morgan fingerprint density at radius 2 is 1.52 bits per heavy atom. The van der Waals surface area contributed by atoms with Gasteiger partial charge in [0.15, 0.2) is 22.5 Å². The molecule has 1 aliphatic rings. The van der Waals surface area contributed by atoms with Crippen LogP contribution in [0, 0.1) is 0 Å². The van der Waals surface area contributed by atoms with Crippen LogP contribution in [-0.4, -0.2) is 71.5 Å². The van der Waals surface area contributed by atoms with Crippen molar-refractivity contribution in [3.63, 3.8) is 0 Å². The summed E-state index contributed by atoms with van der Waals surface area (Å²) in [5.41, 5.74) is 3.60. The second kappa shape index (κ2) is 15.6. The topological polar surface area (TPSA) is 129 Å². The molecule has 0 radical (unpaired) electrons. The van der Waals surface area contributed by atoms with E-state index in [1.165, 1.54) is 23.9 Å². The lowest BCUT2D eigenvalue weighted by atomic mass is 9.97. The van der Waals surface area contributed by atoms with Gasteiger partial charge in [0.05, 0.1) is 58.1 Å². The molecule has 1 aromatic heterocycles. The highest BCUT2D eigenvalue weighted by atomic mass is 32.2. The number of hydrazone groups is 1. The molecule has 1 aliphatic heterocycles. The Morgan fingerprint density at radius 1 is 0.800 bits per heavy atom. The number of methoxy groups -OCH3 is 4. The molecule has 6 rings (SSSR count). The predicted octanol–water partition coefficient (Wildman–Crippen LogP) is 5.70. The second-order valence-electron chi connectivity index (χ2n) is 11.1. The van der Waals surface area contributed by atoms with E-state index in [2.05, 4.69) is 15.5 Å². The second-order valence-corrected chi connectivity index (χ2v) is 12.0. The Kier molecular flexibility index (Phi) is 10.6. The molecule has 4 aromatic carbocycles. The number of rotatable bonds is 13. The molecule has 0 unspecified atom stereocenters. The number of ether oxygens (including phenoxy) is 4. The zero-order valence-corrected chi connectivity index (χ0v) is 28.8. The number of nitrogens with zero attached hydrogens (tertiary/aromatic N) is 5. The average molecular weight is 693 g/mol. The maximum atomic E-state index is 14.1. The normalized spacial score (nSPS) is 13.8. The van der Waals surface area contributed by atoms with E-state index >= 15 is 0 Å². The molecule has 5 aromatic rings. The number of benzene rings is 4. The molecule has 0 bridgehead atoms. The molecular weight excluding hydrogens is 657 g/mol. The summed E-state index contributed by atoms with van der Waals surface area (Å²) in [6, 6.07) is 29.3. The van der Waals surface area contributed by atoms with Gasteiger partial charge in [-0.3, -0.25) is 14.2 Å². The SMILES string of the molecule is COc1ccc(C2=NN(C(=O)CSc3nnc(CNC(=O)c4ccccc4OC)n3-c3ccccc3)[C@@H](c3cccc(OC)c3OC)C2)cc1. The number of hydrogen-bond donors (Lipinski definition) is 1. The molecule has 1 atom stereocenters. The van der Waals surface area contributed by atoms with Gasteiger partial charge in [-0.1, -0.05) is 54.2 Å². The third-order valence-electron chi connectivity index (χ3n) is 8.18. The van der Waals surface area contributed by atoms with Crippen molar-refractivity contribution in [2.75, 3.05) is 34.2 Å². The number of para-hydroxylation sites is 3. The lowest BCUT2D eigenvalue weighted by Gasteiger charge is -2.24. The van der Waals surface area contributed by atoms with Gasteiger partial charge in [0.25, 0.3) is 11.8 Å². The Balaban J connectivity index is 1.27. The summed E-state index contributed by atoms with van der Waals surface area (Å²) in [6.45, 7) is 0.0899. The number of carbonyl (C=O) groups is 2. The maximum Gasteiger partial charge on any atom is 0.255 e. The van der Waals surface area contributed by atoms with Crippen molar-refractivity contribution in [1.29, 1.82) is 0 Å². The minimum atomic E-state index is -0.446. The smallest absolute Gasteiger partial charge is 0.255 e. The zero-order valence-electron chi connectivity index (χ0n) is 28.0. The van der Waals surface area contributed by atoms with Gasteiger partial charge in [0.1, 0.15) is 11.5 Å². The fraction of sp³-hybridized carbons (Fsp3) is 0.216. The van der Waals surface area contributed by atoms with Gasteiger partial charge in [-0.05, 0) is 60.2 Å². The van der Waals surface area contributed by atoms with Gasteiger partial charge in [0, 0.05) is 17.7 Å². The third kappa shape index (κ3) is 7.13. The number of aromatic nitrogens is 3. The monoisotopic (exact) mass is 692 g/mol. The van der Waals surface area contributed by atoms with Crippen LogP contribution in [0.25, 0.3) is 5.69 Å². The van der Waals surface area contributed by atoms with Crippen LogP contribution in [0.5, 0.6) is 23.0 Å². The molecule has 2 amide bonds. The molecule has 0 spiro atoms. The van der Waals surface area contributed by atoms with Crippen molar-refractivity contribution in [3.05, 3.63) is 120 Å². The van der Waals surface area contributed by atoms with Crippen LogP contribution < -0.4 is 24.3 Å². The minimum Gasteiger partial charge on any atom is -0.497 e. The van der Waals surface area contributed by atoms with Gasteiger partial charge < -0.3 is 24.3 Å². The Hall–Kier alpha value is -5.82. The number of hydrogen-bond acceptors (Lipinski definition) is 10.